The van der Waals surface area contributed by atoms with Crippen molar-refractivity contribution in [1.29, 1.82) is 0 Å². The van der Waals surface area contributed by atoms with Crippen molar-refractivity contribution in [3.63, 3.8) is 0 Å². The summed E-state index contributed by atoms with van der Waals surface area (Å²) in [5, 5.41) is 6.93. The molecule has 1 atom stereocenters. The number of nitrogens with one attached hydrogen (secondary N) is 1. The Bertz CT molecular complexity index is 323. The highest BCUT2D eigenvalue weighted by atomic mass is 32.1. The van der Waals surface area contributed by atoms with E-state index < -0.39 is 0 Å². The number of nitrogens with zero attached hydrogens (tertiary/aromatic N) is 1. The maximum absolute atomic E-state index is 4.53. The molecule has 1 rings (SSSR count). The predicted molar refractivity (Wildman–Crippen MR) is 76.4 cm³/mol. The van der Waals surface area contributed by atoms with Crippen LogP contribution in [-0.4, -0.2) is 11.5 Å². The van der Waals surface area contributed by atoms with Crippen molar-refractivity contribution >= 4 is 11.3 Å². The van der Waals surface area contributed by atoms with Crippen LogP contribution in [0.4, 0.5) is 0 Å². The van der Waals surface area contributed by atoms with Gasteiger partial charge < -0.3 is 5.32 Å². The molecule has 1 aromatic heterocycles. The summed E-state index contributed by atoms with van der Waals surface area (Å²) in [4.78, 5) is 4.53. The van der Waals surface area contributed by atoms with Crippen LogP contribution in [0.5, 0.6) is 0 Å². The maximum atomic E-state index is 4.53. The van der Waals surface area contributed by atoms with Crippen LogP contribution < -0.4 is 5.32 Å². The van der Waals surface area contributed by atoms with E-state index in [9.17, 15) is 0 Å². The Kier molecular flexibility index (Phi) is 5.60. The van der Waals surface area contributed by atoms with Crippen LogP contribution in [-0.2, 0) is 0 Å². The molecule has 0 aliphatic carbocycles. The molecule has 1 N–H and O–H groups in total. The number of hydrogen-bond acceptors (Lipinski definition) is 3. The Morgan fingerprint density at radius 1 is 1.18 bits per heavy atom. The molecule has 0 fully saturated rings. The predicted octanol–water partition coefficient (Wildman–Crippen LogP) is 4.03. The van der Waals surface area contributed by atoms with Crippen LogP contribution in [0.2, 0.25) is 0 Å². The molecule has 0 amide bonds. The molecule has 0 aliphatic heterocycles. The lowest BCUT2D eigenvalue weighted by molar-refractivity contribution is 0.267. The highest BCUT2D eigenvalue weighted by Gasteiger charge is 2.18. The second-order valence-corrected chi connectivity index (χ2v) is 6.64. The van der Waals surface area contributed by atoms with Crippen molar-refractivity contribution in [2.24, 2.45) is 17.8 Å². The fraction of sp³-hybridized carbons (Fsp3) is 0.786. The van der Waals surface area contributed by atoms with Gasteiger partial charge in [0.15, 0.2) is 0 Å². The van der Waals surface area contributed by atoms with Crippen LogP contribution in [0, 0.1) is 24.7 Å². The van der Waals surface area contributed by atoms with E-state index in [0.29, 0.717) is 6.04 Å². The third-order valence-electron chi connectivity index (χ3n) is 3.45. The van der Waals surface area contributed by atoms with E-state index in [0.717, 1.165) is 29.3 Å². The molecule has 1 unspecified atom stereocenters. The van der Waals surface area contributed by atoms with E-state index >= 15 is 0 Å². The average molecular weight is 254 g/mol. The molecule has 3 heteroatoms. The van der Waals surface area contributed by atoms with E-state index in [4.69, 9.17) is 0 Å². The first-order valence-electron chi connectivity index (χ1n) is 6.57. The zero-order chi connectivity index (χ0) is 13.0. The Morgan fingerprint density at radius 2 is 1.76 bits per heavy atom. The summed E-state index contributed by atoms with van der Waals surface area (Å²) in [5.41, 5.74) is 1.18. The first-order valence-corrected chi connectivity index (χ1v) is 7.45. The Balaban J connectivity index is 2.49. The van der Waals surface area contributed by atoms with Gasteiger partial charge in [-0.3, -0.25) is 0 Å². The Morgan fingerprint density at radius 3 is 2.18 bits per heavy atom. The van der Waals surface area contributed by atoms with E-state index in [1.807, 2.05) is 0 Å². The third kappa shape index (κ3) is 4.40. The molecule has 0 saturated heterocycles. The normalized spacial score (nSPS) is 13.9. The van der Waals surface area contributed by atoms with Crippen LogP contribution in [0.3, 0.4) is 0 Å². The summed E-state index contributed by atoms with van der Waals surface area (Å²) in [6.07, 6.45) is 0. The van der Waals surface area contributed by atoms with Crippen molar-refractivity contribution in [2.45, 2.75) is 47.6 Å². The van der Waals surface area contributed by atoms with Crippen LogP contribution in [0.15, 0.2) is 5.38 Å². The molecule has 1 heterocycles. The minimum absolute atomic E-state index is 0.361. The fourth-order valence-corrected chi connectivity index (χ4v) is 2.94. The summed E-state index contributed by atoms with van der Waals surface area (Å²) < 4.78 is 0. The van der Waals surface area contributed by atoms with Gasteiger partial charge in [0.05, 0.1) is 10.7 Å². The molecule has 0 bridgehead atoms. The molecule has 0 aromatic carbocycles. The van der Waals surface area contributed by atoms with Crippen LogP contribution >= 0.6 is 11.3 Å². The monoisotopic (exact) mass is 254 g/mol. The summed E-state index contributed by atoms with van der Waals surface area (Å²) in [6, 6.07) is 0.361. The smallest absolute Gasteiger partial charge is 0.0898 e. The summed E-state index contributed by atoms with van der Waals surface area (Å²) in [5.74, 6) is 2.19. The van der Waals surface area contributed by atoms with Gasteiger partial charge in [-0.2, -0.15) is 0 Å². The summed E-state index contributed by atoms with van der Waals surface area (Å²) in [7, 11) is 0. The van der Waals surface area contributed by atoms with Gasteiger partial charge in [0.2, 0.25) is 0 Å². The van der Waals surface area contributed by atoms with Crippen LogP contribution in [0.25, 0.3) is 0 Å². The first kappa shape index (κ1) is 14.7. The molecular formula is C14H26N2S. The van der Waals surface area contributed by atoms with Gasteiger partial charge >= 0.3 is 0 Å². The zero-order valence-corrected chi connectivity index (χ0v) is 12.8. The highest BCUT2D eigenvalue weighted by Crippen LogP contribution is 2.21. The Labute approximate surface area is 110 Å². The number of aromatic nitrogens is 1. The van der Waals surface area contributed by atoms with E-state index in [1.165, 1.54) is 5.69 Å². The summed E-state index contributed by atoms with van der Waals surface area (Å²) >= 11 is 1.73. The zero-order valence-electron chi connectivity index (χ0n) is 11.9. The molecule has 1 aromatic rings. The van der Waals surface area contributed by atoms with E-state index in [1.54, 1.807) is 11.3 Å². The van der Waals surface area contributed by atoms with Crippen molar-refractivity contribution in [2.75, 3.05) is 6.54 Å². The molecular weight excluding hydrogens is 228 g/mol. The Hall–Kier alpha value is -0.410. The van der Waals surface area contributed by atoms with Gasteiger partial charge in [0, 0.05) is 11.4 Å². The quantitative estimate of drug-likeness (QED) is 0.829. The van der Waals surface area contributed by atoms with Crippen molar-refractivity contribution in [3.05, 3.63) is 16.1 Å². The van der Waals surface area contributed by atoms with Crippen molar-refractivity contribution in [1.82, 2.24) is 10.3 Å². The summed E-state index contributed by atoms with van der Waals surface area (Å²) in [6.45, 7) is 14.6. The maximum Gasteiger partial charge on any atom is 0.0898 e. The lowest BCUT2D eigenvalue weighted by Crippen LogP contribution is -2.31. The topological polar surface area (TPSA) is 24.9 Å². The van der Waals surface area contributed by atoms with Gasteiger partial charge in [-0.1, -0.05) is 27.7 Å². The SMILES string of the molecule is Cc1nc(C(C)NCC(C(C)C)C(C)C)cs1. The van der Waals surface area contributed by atoms with Gasteiger partial charge in [0.25, 0.3) is 0 Å². The molecule has 0 saturated carbocycles. The largest absolute Gasteiger partial charge is 0.309 e. The lowest BCUT2D eigenvalue weighted by Gasteiger charge is -2.26. The number of aryl methyl sites for hydroxylation is 1. The standard InChI is InChI=1S/C14H26N2S/c1-9(2)13(10(3)4)7-15-11(5)14-8-17-12(6)16-14/h8-11,13,15H,7H2,1-6H3. The molecule has 0 spiro atoms. The minimum Gasteiger partial charge on any atom is -0.309 e. The van der Waals surface area contributed by atoms with Crippen molar-refractivity contribution < 1.29 is 0 Å². The molecule has 0 aliphatic rings. The molecule has 98 valence electrons. The number of hydrogen-bond donors (Lipinski definition) is 1. The number of thiazole rings is 1. The molecule has 2 nitrogen and oxygen atoms in total. The van der Waals surface area contributed by atoms with Gasteiger partial charge in [0.1, 0.15) is 0 Å². The number of rotatable bonds is 6. The highest BCUT2D eigenvalue weighted by molar-refractivity contribution is 7.09. The second-order valence-electron chi connectivity index (χ2n) is 5.57. The van der Waals surface area contributed by atoms with E-state index in [-0.39, 0.29) is 0 Å². The molecule has 17 heavy (non-hydrogen) atoms. The third-order valence-corrected chi connectivity index (χ3v) is 4.24. The van der Waals surface area contributed by atoms with E-state index in [2.05, 4.69) is 57.2 Å². The average Bonchev–Trinajstić information content (AvgIpc) is 2.63. The van der Waals surface area contributed by atoms with Gasteiger partial charge in [-0.05, 0) is 38.1 Å². The lowest BCUT2D eigenvalue weighted by atomic mass is 9.85. The van der Waals surface area contributed by atoms with Gasteiger partial charge in [-0.25, -0.2) is 4.98 Å². The molecule has 0 radical (unpaired) electrons. The first-order chi connectivity index (χ1) is 7.91. The fourth-order valence-electron chi connectivity index (χ4n) is 2.24. The second kappa shape index (κ2) is 6.50. The van der Waals surface area contributed by atoms with Crippen LogP contribution in [0.1, 0.15) is 51.4 Å². The van der Waals surface area contributed by atoms with Crippen molar-refractivity contribution in [3.8, 4) is 0 Å². The minimum atomic E-state index is 0.361. The van der Waals surface area contributed by atoms with Gasteiger partial charge in [-0.15, -0.1) is 11.3 Å².